The lowest BCUT2D eigenvalue weighted by molar-refractivity contribution is 0.124. The molecule has 0 bridgehead atoms. The molecule has 2 aliphatic rings. The van der Waals surface area contributed by atoms with Crippen molar-refractivity contribution in [2.75, 3.05) is 26.2 Å². The van der Waals surface area contributed by atoms with Gasteiger partial charge in [-0.15, -0.1) is 0 Å². The summed E-state index contributed by atoms with van der Waals surface area (Å²) < 4.78 is 0. The Morgan fingerprint density at radius 2 is 1.76 bits per heavy atom. The minimum Gasteiger partial charge on any atom is -0.393 e. The number of likely N-dealkylation sites (tertiary alicyclic amines) is 2. The summed E-state index contributed by atoms with van der Waals surface area (Å²) in [6.07, 6.45) is 5.42. The molecule has 0 aromatic heterocycles. The predicted octanol–water partition coefficient (Wildman–Crippen LogP) is 1.69. The van der Waals surface area contributed by atoms with Gasteiger partial charge in [0, 0.05) is 32.1 Å². The monoisotopic (exact) mass is 240 g/mol. The van der Waals surface area contributed by atoms with E-state index in [4.69, 9.17) is 0 Å². The predicted molar refractivity (Wildman–Crippen MR) is 66.8 cm³/mol. The van der Waals surface area contributed by atoms with Gasteiger partial charge in [0.25, 0.3) is 0 Å². The van der Waals surface area contributed by atoms with Gasteiger partial charge in [0.05, 0.1) is 6.10 Å². The fraction of sp³-hybridized carbons (Fsp3) is 0.923. The highest BCUT2D eigenvalue weighted by Crippen LogP contribution is 2.21. The van der Waals surface area contributed by atoms with E-state index >= 15 is 0 Å². The van der Waals surface area contributed by atoms with Gasteiger partial charge in [0.15, 0.2) is 0 Å². The number of urea groups is 1. The third-order valence-corrected chi connectivity index (χ3v) is 4.05. The average Bonchev–Trinajstić information content (AvgIpc) is 2.65. The third-order valence-electron chi connectivity index (χ3n) is 4.05. The molecule has 2 unspecified atom stereocenters. The molecular formula is C13H24N2O2. The van der Waals surface area contributed by atoms with E-state index in [-0.39, 0.29) is 18.1 Å². The molecule has 2 amide bonds. The first-order valence-electron chi connectivity index (χ1n) is 6.90. The highest BCUT2D eigenvalue weighted by Gasteiger charge is 2.31. The summed E-state index contributed by atoms with van der Waals surface area (Å²) in [5.41, 5.74) is 0. The van der Waals surface area contributed by atoms with Gasteiger partial charge in [-0.1, -0.05) is 12.8 Å². The van der Waals surface area contributed by atoms with Gasteiger partial charge in [0.2, 0.25) is 0 Å². The van der Waals surface area contributed by atoms with Crippen molar-refractivity contribution in [3.63, 3.8) is 0 Å². The summed E-state index contributed by atoms with van der Waals surface area (Å²) in [6.45, 7) is 5.19. The molecule has 2 rings (SSSR count). The Balaban J connectivity index is 1.87. The Labute approximate surface area is 104 Å². The molecule has 17 heavy (non-hydrogen) atoms. The van der Waals surface area contributed by atoms with Gasteiger partial charge in [0.1, 0.15) is 0 Å². The van der Waals surface area contributed by atoms with Gasteiger partial charge in [-0.3, -0.25) is 0 Å². The molecular weight excluding hydrogens is 216 g/mol. The van der Waals surface area contributed by atoms with Crippen LogP contribution in [0.3, 0.4) is 0 Å². The molecule has 1 N–H and O–H groups in total. The normalized spacial score (nSPS) is 28.0. The van der Waals surface area contributed by atoms with E-state index in [0.717, 1.165) is 45.4 Å². The van der Waals surface area contributed by atoms with Crippen molar-refractivity contribution in [2.24, 2.45) is 5.92 Å². The third kappa shape index (κ3) is 3.12. The first-order chi connectivity index (χ1) is 8.18. The zero-order valence-corrected chi connectivity index (χ0v) is 10.8. The molecule has 0 aromatic carbocycles. The molecule has 2 saturated heterocycles. The zero-order chi connectivity index (χ0) is 12.3. The van der Waals surface area contributed by atoms with Crippen LogP contribution in [-0.4, -0.2) is 53.2 Å². The highest BCUT2D eigenvalue weighted by atomic mass is 16.3. The second kappa shape index (κ2) is 5.71. The topological polar surface area (TPSA) is 43.8 Å². The number of aliphatic hydroxyl groups excluding tert-OH is 1. The van der Waals surface area contributed by atoms with Crippen LogP contribution in [0.2, 0.25) is 0 Å². The summed E-state index contributed by atoms with van der Waals surface area (Å²) in [6, 6.07) is 0.190. The van der Waals surface area contributed by atoms with Crippen LogP contribution in [0.25, 0.3) is 0 Å². The van der Waals surface area contributed by atoms with Crippen molar-refractivity contribution in [3.8, 4) is 0 Å². The molecule has 0 aromatic rings. The Morgan fingerprint density at radius 3 is 2.29 bits per heavy atom. The van der Waals surface area contributed by atoms with Crippen LogP contribution in [0.1, 0.15) is 39.0 Å². The first kappa shape index (κ1) is 12.7. The van der Waals surface area contributed by atoms with Gasteiger partial charge in [-0.05, 0) is 26.2 Å². The largest absolute Gasteiger partial charge is 0.393 e. The molecule has 0 spiro atoms. The van der Waals surface area contributed by atoms with Crippen molar-refractivity contribution < 1.29 is 9.90 Å². The van der Waals surface area contributed by atoms with E-state index < -0.39 is 0 Å². The van der Waals surface area contributed by atoms with E-state index in [0.29, 0.717) is 0 Å². The standard InChI is InChI=1S/C13H24N2O2/c1-11(16)12-6-9-15(10-12)13(17)14-7-4-2-3-5-8-14/h11-12,16H,2-10H2,1H3. The molecule has 0 aliphatic carbocycles. The second-order valence-electron chi connectivity index (χ2n) is 5.42. The Morgan fingerprint density at radius 1 is 1.12 bits per heavy atom. The van der Waals surface area contributed by atoms with E-state index in [9.17, 15) is 9.90 Å². The van der Waals surface area contributed by atoms with Crippen LogP contribution >= 0.6 is 0 Å². The van der Waals surface area contributed by atoms with Crippen molar-refractivity contribution in [1.82, 2.24) is 9.80 Å². The molecule has 98 valence electrons. The van der Waals surface area contributed by atoms with Crippen molar-refractivity contribution in [1.29, 1.82) is 0 Å². The molecule has 2 heterocycles. The van der Waals surface area contributed by atoms with Gasteiger partial charge in [-0.25, -0.2) is 4.79 Å². The number of carbonyl (C=O) groups is 1. The fourth-order valence-corrected chi connectivity index (χ4v) is 2.82. The molecule has 2 fully saturated rings. The smallest absolute Gasteiger partial charge is 0.320 e. The second-order valence-corrected chi connectivity index (χ2v) is 5.42. The summed E-state index contributed by atoms with van der Waals surface area (Å²) >= 11 is 0. The molecule has 0 saturated carbocycles. The average molecular weight is 240 g/mol. The van der Waals surface area contributed by atoms with Crippen LogP contribution in [0, 0.1) is 5.92 Å². The minimum absolute atomic E-state index is 0.190. The Bertz CT molecular complexity index is 260. The van der Waals surface area contributed by atoms with Crippen LogP contribution < -0.4 is 0 Å². The van der Waals surface area contributed by atoms with Crippen LogP contribution in [0.4, 0.5) is 4.79 Å². The van der Waals surface area contributed by atoms with Gasteiger partial charge >= 0.3 is 6.03 Å². The van der Waals surface area contributed by atoms with Gasteiger partial charge < -0.3 is 14.9 Å². The SMILES string of the molecule is CC(O)C1CCN(C(=O)N2CCCCCC2)C1. The molecule has 4 nitrogen and oxygen atoms in total. The lowest BCUT2D eigenvalue weighted by Crippen LogP contribution is -2.42. The minimum atomic E-state index is -0.295. The number of aliphatic hydroxyl groups is 1. The summed E-state index contributed by atoms with van der Waals surface area (Å²) in [7, 11) is 0. The highest BCUT2D eigenvalue weighted by molar-refractivity contribution is 5.74. The zero-order valence-electron chi connectivity index (χ0n) is 10.8. The van der Waals surface area contributed by atoms with E-state index in [1.54, 1.807) is 0 Å². The maximum Gasteiger partial charge on any atom is 0.320 e. The maximum atomic E-state index is 12.3. The number of hydrogen-bond donors (Lipinski definition) is 1. The number of hydrogen-bond acceptors (Lipinski definition) is 2. The summed E-state index contributed by atoms with van der Waals surface area (Å²) in [4.78, 5) is 16.2. The van der Waals surface area contributed by atoms with E-state index in [1.165, 1.54) is 12.8 Å². The lowest BCUT2D eigenvalue weighted by Gasteiger charge is -2.27. The van der Waals surface area contributed by atoms with E-state index in [1.807, 2.05) is 16.7 Å². The first-order valence-corrected chi connectivity index (χ1v) is 6.90. The molecule has 4 heteroatoms. The summed E-state index contributed by atoms with van der Waals surface area (Å²) in [5, 5.41) is 9.56. The lowest BCUT2D eigenvalue weighted by atomic mass is 10.0. The molecule has 0 radical (unpaired) electrons. The molecule has 2 aliphatic heterocycles. The van der Waals surface area contributed by atoms with Crippen LogP contribution in [-0.2, 0) is 0 Å². The van der Waals surface area contributed by atoms with E-state index in [2.05, 4.69) is 0 Å². The molecule has 2 atom stereocenters. The number of carbonyl (C=O) groups excluding carboxylic acids is 1. The summed E-state index contributed by atoms with van der Waals surface area (Å²) in [5.74, 6) is 0.269. The van der Waals surface area contributed by atoms with Crippen molar-refractivity contribution in [3.05, 3.63) is 0 Å². The quantitative estimate of drug-likeness (QED) is 0.758. The Hall–Kier alpha value is -0.770. The number of amides is 2. The fourth-order valence-electron chi connectivity index (χ4n) is 2.82. The number of rotatable bonds is 1. The van der Waals surface area contributed by atoms with Crippen molar-refractivity contribution in [2.45, 2.75) is 45.1 Å². The number of nitrogens with zero attached hydrogens (tertiary/aromatic N) is 2. The maximum absolute atomic E-state index is 12.3. The Kier molecular flexibility index (Phi) is 4.26. The van der Waals surface area contributed by atoms with Gasteiger partial charge in [-0.2, -0.15) is 0 Å². The van der Waals surface area contributed by atoms with Crippen molar-refractivity contribution >= 4 is 6.03 Å². The van der Waals surface area contributed by atoms with Crippen LogP contribution in [0.5, 0.6) is 0 Å². The van der Waals surface area contributed by atoms with Crippen LogP contribution in [0.15, 0.2) is 0 Å².